The van der Waals surface area contributed by atoms with Crippen LogP contribution in [0, 0.1) is 5.92 Å². The molecule has 0 radical (unpaired) electrons. The van der Waals surface area contributed by atoms with E-state index in [0.717, 1.165) is 6.54 Å². The Balaban J connectivity index is 2.71. The molecule has 86 valence electrons. The van der Waals surface area contributed by atoms with E-state index >= 15 is 0 Å². The number of likely N-dealkylation sites (N-methyl/N-ethyl adjacent to an activating group) is 2. The first-order valence-electron chi connectivity index (χ1n) is 5.42. The van der Waals surface area contributed by atoms with Gasteiger partial charge in [0.2, 0.25) is 0 Å². The van der Waals surface area contributed by atoms with Crippen molar-refractivity contribution in [2.45, 2.75) is 20.1 Å². The molecule has 1 aliphatic rings. The van der Waals surface area contributed by atoms with Crippen LogP contribution in [0.2, 0.25) is 0 Å². The van der Waals surface area contributed by atoms with Gasteiger partial charge in [0, 0.05) is 13.6 Å². The van der Waals surface area contributed by atoms with E-state index in [4.69, 9.17) is 4.74 Å². The van der Waals surface area contributed by atoms with Gasteiger partial charge in [-0.25, -0.2) is 0 Å². The molecule has 0 spiro atoms. The summed E-state index contributed by atoms with van der Waals surface area (Å²) in [6.45, 7) is 5.50. The minimum Gasteiger partial charge on any atom is -0.477 e. The molecule has 3 nitrogen and oxygen atoms in total. The average Bonchev–Trinajstić information content (AvgIpc) is 2.16. The van der Waals surface area contributed by atoms with Crippen LogP contribution in [0.25, 0.3) is 0 Å². The number of ether oxygens (including phenoxy) is 1. The highest BCUT2D eigenvalue weighted by Gasteiger charge is 2.22. The predicted octanol–water partition coefficient (Wildman–Crippen LogP) is 1.89. The first-order chi connectivity index (χ1) is 7.02. The fourth-order valence-electron chi connectivity index (χ4n) is 1.76. The van der Waals surface area contributed by atoms with E-state index in [1.54, 1.807) is 6.26 Å². The topological polar surface area (TPSA) is 15.7 Å². The maximum Gasteiger partial charge on any atom is 0.192 e. The van der Waals surface area contributed by atoms with Gasteiger partial charge >= 0.3 is 0 Å². The standard InChI is InChI=1S/C12H22N2O/c1-10(2)9-14(5)11-7-6-8-15-12(11)13(3)4/h6-8,10,12H,9H2,1-5H3. The van der Waals surface area contributed by atoms with Crippen LogP contribution in [-0.4, -0.2) is 43.7 Å². The summed E-state index contributed by atoms with van der Waals surface area (Å²) < 4.78 is 5.59. The van der Waals surface area contributed by atoms with Crippen LogP contribution in [0.4, 0.5) is 0 Å². The number of hydrogen-bond acceptors (Lipinski definition) is 3. The minimum atomic E-state index is 0.0405. The highest BCUT2D eigenvalue weighted by molar-refractivity contribution is 5.17. The summed E-state index contributed by atoms with van der Waals surface area (Å²) in [5, 5.41) is 0. The van der Waals surface area contributed by atoms with Crippen LogP contribution in [0.3, 0.4) is 0 Å². The molecule has 1 unspecified atom stereocenters. The van der Waals surface area contributed by atoms with Crippen LogP contribution in [-0.2, 0) is 4.74 Å². The van der Waals surface area contributed by atoms with E-state index < -0.39 is 0 Å². The van der Waals surface area contributed by atoms with Gasteiger partial charge < -0.3 is 9.64 Å². The van der Waals surface area contributed by atoms with E-state index in [-0.39, 0.29) is 6.23 Å². The molecule has 0 saturated carbocycles. The van der Waals surface area contributed by atoms with Crippen LogP contribution in [0.1, 0.15) is 13.8 Å². The second-order valence-corrected chi connectivity index (χ2v) is 4.65. The van der Waals surface area contributed by atoms with Crippen molar-refractivity contribution in [3.63, 3.8) is 0 Å². The Bertz CT molecular complexity index is 256. The smallest absolute Gasteiger partial charge is 0.192 e. The van der Waals surface area contributed by atoms with Crippen LogP contribution in [0.15, 0.2) is 24.1 Å². The molecule has 0 fully saturated rings. The highest BCUT2D eigenvalue weighted by Crippen LogP contribution is 2.18. The molecule has 0 aromatic heterocycles. The van der Waals surface area contributed by atoms with Gasteiger partial charge in [0.1, 0.15) is 0 Å². The Morgan fingerprint density at radius 1 is 1.33 bits per heavy atom. The Morgan fingerprint density at radius 2 is 2.00 bits per heavy atom. The molecule has 15 heavy (non-hydrogen) atoms. The number of allylic oxidation sites excluding steroid dienone is 2. The molecule has 3 heteroatoms. The Labute approximate surface area is 93.0 Å². The zero-order valence-corrected chi connectivity index (χ0v) is 10.4. The fraction of sp³-hybridized carbons (Fsp3) is 0.667. The SMILES string of the molecule is CC(C)CN(C)C1=CC=COC1N(C)C. The van der Waals surface area contributed by atoms with Crippen molar-refractivity contribution in [2.75, 3.05) is 27.7 Å². The summed E-state index contributed by atoms with van der Waals surface area (Å²) in [5.41, 5.74) is 1.22. The van der Waals surface area contributed by atoms with E-state index in [0.29, 0.717) is 5.92 Å². The van der Waals surface area contributed by atoms with Gasteiger partial charge in [-0.05, 0) is 32.2 Å². The van der Waals surface area contributed by atoms with Gasteiger partial charge in [-0.2, -0.15) is 0 Å². The molecule has 0 saturated heterocycles. The van der Waals surface area contributed by atoms with E-state index in [1.807, 2.05) is 20.2 Å². The van der Waals surface area contributed by atoms with Gasteiger partial charge in [0.25, 0.3) is 0 Å². The Kier molecular flexibility index (Phi) is 4.21. The summed E-state index contributed by atoms with van der Waals surface area (Å²) in [6.07, 6.45) is 5.86. The second kappa shape index (κ2) is 5.21. The quantitative estimate of drug-likeness (QED) is 0.704. The summed E-state index contributed by atoms with van der Waals surface area (Å²) in [4.78, 5) is 4.34. The normalized spacial score (nSPS) is 20.5. The maximum absolute atomic E-state index is 5.59. The third-order valence-corrected chi connectivity index (χ3v) is 2.35. The molecule has 1 atom stereocenters. The lowest BCUT2D eigenvalue weighted by Gasteiger charge is -2.34. The molecule has 0 aromatic carbocycles. The van der Waals surface area contributed by atoms with Gasteiger partial charge in [-0.1, -0.05) is 13.8 Å². The predicted molar refractivity (Wildman–Crippen MR) is 63.3 cm³/mol. The number of nitrogens with zero attached hydrogens (tertiary/aromatic N) is 2. The van der Waals surface area contributed by atoms with Crippen LogP contribution < -0.4 is 0 Å². The van der Waals surface area contributed by atoms with Gasteiger partial charge in [0.15, 0.2) is 6.23 Å². The summed E-state index contributed by atoms with van der Waals surface area (Å²) >= 11 is 0. The molecular weight excluding hydrogens is 188 g/mol. The number of hydrogen-bond donors (Lipinski definition) is 0. The van der Waals surface area contributed by atoms with Crippen molar-refractivity contribution in [2.24, 2.45) is 5.92 Å². The van der Waals surface area contributed by atoms with Crippen molar-refractivity contribution in [3.05, 3.63) is 24.1 Å². The van der Waals surface area contributed by atoms with Gasteiger partial charge in [-0.3, -0.25) is 4.90 Å². The molecule has 0 aliphatic carbocycles. The van der Waals surface area contributed by atoms with E-state index in [1.165, 1.54) is 5.70 Å². The maximum atomic E-state index is 5.59. The third-order valence-electron chi connectivity index (χ3n) is 2.35. The molecule has 0 aromatic rings. The van der Waals surface area contributed by atoms with Gasteiger partial charge in [-0.15, -0.1) is 0 Å². The number of rotatable bonds is 4. The monoisotopic (exact) mass is 210 g/mol. The lowest BCUT2D eigenvalue weighted by atomic mass is 10.2. The zero-order valence-electron chi connectivity index (χ0n) is 10.4. The van der Waals surface area contributed by atoms with Crippen LogP contribution in [0.5, 0.6) is 0 Å². The van der Waals surface area contributed by atoms with Crippen molar-refractivity contribution < 1.29 is 4.74 Å². The van der Waals surface area contributed by atoms with Crippen molar-refractivity contribution in [1.29, 1.82) is 0 Å². The Hall–Kier alpha value is -0.960. The lowest BCUT2D eigenvalue weighted by Crippen LogP contribution is -2.39. The third kappa shape index (κ3) is 3.27. The molecule has 0 amide bonds. The summed E-state index contributed by atoms with van der Waals surface area (Å²) in [7, 11) is 6.17. The largest absolute Gasteiger partial charge is 0.477 e. The molecule has 1 heterocycles. The van der Waals surface area contributed by atoms with Crippen LogP contribution >= 0.6 is 0 Å². The minimum absolute atomic E-state index is 0.0405. The fourth-order valence-corrected chi connectivity index (χ4v) is 1.76. The first-order valence-corrected chi connectivity index (χ1v) is 5.42. The second-order valence-electron chi connectivity index (χ2n) is 4.65. The van der Waals surface area contributed by atoms with Crippen molar-refractivity contribution in [1.82, 2.24) is 9.80 Å². The molecule has 0 bridgehead atoms. The molecular formula is C12H22N2O. The average molecular weight is 210 g/mol. The summed E-state index contributed by atoms with van der Waals surface area (Å²) in [6, 6.07) is 0. The molecule has 0 N–H and O–H groups in total. The van der Waals surface area contributed by atoms with Gasteiger partial charge in [0.05, 0.1) is 12.0 Å². The van der Waals surface area contributed by atoms with E-state index in [2.05, 4.69) is 36.8 Å². The Morgan fingerprint density at radius 3 is 2.53 bits per heavy atom. The van der Waals surface area contributed by atoms with Crippen molar-refractivity contribution in [3.8, 4) is 0 Å². The van der Waals surface area contributed by atoms with Crippen molar-refractivity contribution >= 4 is 0 Å². The summed E-state index contributed by atoms with van der Waals surface area (Å²) in [5.74, 6) is 0.657. The lowest BCUT2D eigenvalue weighted by molar-refractivity contribution is 0.0293. The zero-order chi connectivity index (χ0) is 11.4. The molecule has 1 rings (SSSR count). The first kappa shape index (κ1) is 12.1. The highest BCUT2D eigenvalue weighted by atomic mass is 16.5. The molecule has 1 aliphatic heterocycles. The van der Waals surface area contributed by atoms with E-state index in [9.17, 15) is 0 Å².